The van der Waals surface area contributed by atoms with E-state index in [1.165, 1.54) is 0 Å². The molecule has 0 spiro atoms. The van der Waals surface area contributed by atoms with E-state index >= 15 is 0 Å². The van der Waals surface area contributed by atoms with Gasteiger partial charge >= 0.3 is 0 Å². The minimum absolute atomic E-state index is 0. The molecule has 0 aromatic rings. The molecule has 0 rings (SSSR count). The normalized spacial score (nSPS) is 0. The minimum Gasteiger partial charge on any atom is 0 e. The van der Waals surface area contributed by atoms with Crippen molar-refractivity contribution < 1.29 is 63.8 Å². The molecule has 0 heterocycles. The van der Waals surface area contributed by atoms with Gasteiger partial charge in [0.15, 0.2) is 0 Å². The molecule has 0 nitrogen and oxygen atoms in total. The molecule has 5 heavy (non-hydrogen) atoms. The summed E-state index contributed by atoms with van der Waals surface area (Å²) in [5.74, 6) is 0. The third-order valence-corrected chi connectivity index (χ3v) is 0. The van der Waals surface area contributed by atoms with Gasteiger partial charge in [-0.1, -0.05) is 0 Å². The second-order valence-electron chi connectivity index (χ2n) is 0. The summed E-state index contributed by atoms with van der Waals surface area (Å²) in [6, 6.07) is 0. The smallest absolute Gasteiger partial charge is 0 e. The topological polar surface area (TPSA) is 0 Å². The first-order chi connectivity index (χ1) is 0. The van der Waals surface area contributed by atoms with Gasteiger partial charge in [0.05, 0.1) is 0 Å². The summed E-state index contributed by atoms with van der Waals surface area (Å²) in [6.45, 7) is 0. The maximum Gasteiger partial charge on any atom is 0 e. The molecule has 5 heteroatoms. The van der Waals surface area contributed by atoms with Crippen LogP contribution in [0.4, 0.5) is 0 Å². The summed E-state index contributed by atoms with van der Waals surface area (Å²) < 4.78 is 0. The molecule has 0 aromatic carbocycles. The van der Waals surface area contributed by atoms with Gasteiger partial charge in [-0.3, -0.25) is 0 Å². The van der Waals surface area contributed by atoms with E-state index in [0.29, 0.717) is 0 Å². The average molecular weight is 439 g/mol. The summed E-state index contributed by atoms with van der Waals surface area (Å²) in [7, 11) is 0. The summed E-state index contributed by atoms with van der Waals surface area (Å²) >= 11 is 0. The van der Waals surface area contributed by atoms with E-state index in [0.717, 1.165) is 0 Å². The van der Waals surface area contributed by atoms with E-state index in [9.17, 15) is 0 Å². The molecule has 0 aliphatic heterocycles. The van der Waals surface area contributed by atoms with Gasteiger partial charge in [0, 0.05) is 105 Å². The van der Waals surface area contributed by atoms with Gasteiger partial charge in [-0.2, -0.15) is 0 Å². The van der Waals surface area contributed by atoms with Crippen molar-refractivity contribution in [3.63, 3.8) is 0 Å². The van der Waals surface area contributed by atoms with Crippen LogP contribution in [0.25, 0.3) is 0 Å². The predicted octanol–water partition coefficient (Wildman–Crippen LogP) is -0.769. The van der Waals surface area contributed by atoms with Crippen LogP contribution >= 0.6 is 0 Å². The summed E-state index contributed by atoms with van der Waals surface area (Å²) in [5.41, 5.74) is 0. The molecule has 0 N–H and O–H groups in total. The van der Waals surface area contributed by atoms with Gasteiger partial charge in [-0.25, -0.2) is 0 Å². The van der Waals surface area contributed by atoms with Crippen LogP contribution in [0.2, 0.25) is 0 Å². The number of hydrogen-bond acceptors (Lipinski definition) is 0. The average Bonchev–Trinajstić information content (AvgIpc) is 0. The van der Waals surface area contributed by atoms with Gasteiger partial charge in [0.25, 0.3) is 0 Å². The maximum atomic E-state index is 0. The Kier molecular flexibility index (Phi) is 210. The Labute approximate surface area is 103 Å². The van der Waals surface area contributed by atoms with E-state index in [1.807, 2.05) is 0 Å². The summed E-state index contributed by atoms with van der Waals surface area (Å²) in [4.78, 5) is 0. The van der Waals surface area contributed by atoms with E-state index in [4.69, 9.17) is 0 Å². The zero-order valence-corrected chi connectivity index (χ0v) is 15.1. The van der Waals surface area contributed by atoms with Crippen LogP contribution in [0.5, 0.6) is 0 Å². The monoisotopic (exact) mass is 441 g/mol. The van der Waals surface area contributed by atoms with Crippen molar-refractivity contribution in [3.8, 4) is 0 Å². The van der Waals surface area contributed by atoms with Crippen LogP contribution in [-0.2, 0) is 63.8 Å². The van der Waals surface area contributed by atoms with Gasteiger partial charge in [-0.15, -0.1) is 0 Å². The third-order valence-electron chi connectivity index (χ3n) is 0. The maximum absolute atomic E-state index is 0. The van der Waals surface area contributed by atoms with Crippen molar-refractivity contribution in [2.75, 3.05) is 0 Å². The van der Waals surface area contributed by atoms with E-state index in [2.05, 4.69) is 0 Å². The fraction of sp³-hybridized carbons (Fsp3) is 0. The number of hydrogen-bond donors (Lipinski definition) is 0. The van der Waals surface area contributed by atoms with Gasteiger partial charge < -0.3 is 0 Å². The van der Waals surface area contributed by atoms with Crippen LogP contribution < -0.4 is 0 Å². The molecule has 0 aromatic heterocycles. The van der Waals surface area contributed by atoms with Gasteiger partial charge in [-0.05, 0) is 0 Å². The fourth-order valence-electron chi connectivity index (χ4n) is 0. The zero-order chi connectivity index (χ0) is 0. The van der Waals surface area contributed by atoms with E-state index in [-0.39, 0.29) is 105 Å². The Balaban J connectivity index is 0. The van der Waals surface area contributed by atoms with Gasteiger partial charge in [0.2, 0.25) is 0 Å². The van der Waals surface area contributed by atoms with Crippen LogP contribution in [0, 0.1) is 0 Å². The third kappa shape index (κ3) is 18.7. The summed E-state index contributed by atoms with van der Waals surface area (Å²) in [5, 5.41) is 0. The summed E-state index contributed by atoms with van der Waals surface area (Å²) in [6.07, 6.45) is 0. The van der Waals surface area contributed by atoms with Crippen molar-refractivity contribution in [1.29, 1.82) is 0 Å². The Morgan fingerprint density at radius 2 is 1.00 bits per heavy atom. The molecule has 0 saturated heterocycles. The molecule has 0 aliphatic carbocycles. The molecule has 25 valence electrons. The first kappa shape index (κ1) is 39.9. The van der Waals surface area contributed by atoms with Crippen molar-refractivity contribution in [2.45, 2.75) is 0 Å². The number of rotatable bonds is 0. The van der Waals surface area contributed by atoms with Crippen LogP contribution in [0.15, 0.2) is 0 Å². The second kappa shape index (κ2) is 26.3. The van der Waals surface area contributed by atoms with E-state index < -0.39 is 0 Å². The molecular weight excluding hydrogens is 439 g/mol. The largest absolute Gasteiger partial charge is 0 e. The molecule has 0 aliphatic rings. The SMILES string of the molecule is [Cd].[Cu].[Se].[Sn].[Zn]. The molecule has 0 atom stereocenters. The van der Waals surface area contributed by atoms with Crippen LogP contribution in [0.3, 0.4) is 0 Å². The molecular formula is CdCuSeSnZn. The predicted molar refractivity (Wildman–Crippen MR) is 11.5 cm³/mol. The minimum atomic E-state index is 0. The van der Waals surface area contributed by atoms with E-state index in [1.54, 1.807) is 0 Å². The zero-order valence-electron chi connectivity index (χ0n) is 2.62. The van der Waals surface area contributed by atoms with Crippen LogP contribution in [-0.4, -0.2) is 41.0 Å². The Hall–Kier alpha value is 3.38. The van der Waals surface area contributed by atoms with Crippen molar-refractivity contribution in [2.24, 2.45) is 0 Å². The molecule has 0 unspecified atom stereocenters. The standard InChI is InChI=1S/Cd.Cu.Se.Sn.Zn. The van der Waals surface area contributed by atoms with Crippen molar-refractivity contribution in [1.82, 2.24) is 0 Å². The van der Waals surface area contributed by atoms with Crippen LogP contribution in [0.1, 0.15) is 0 Å². The Morgan fingerprint density at radius 1 is 1.00 bits per heavy atom. The van der Waals surface area contributed by atoms with Gasteiger partial charge in [0.1, 0.15) is 0 Å². The van der Waals surface area contributed by atoms with Crippen molar-refractivity contribution in [3.05, 3.63) is 0 Å². The molecule has 0 amide bonds. The fourth-order valence-corrected chi connectivity index (χ4v) is 0. The molecule has 0 saturated carbocycles. The molecule has 0 bridgehead atoms. The first-order valence-electron chi connectivity index (χ1n) is 0. The quantitative estimate of drug-likeness (QED) is 0.436. The Morgan fingerprint density at radius 3 is 1.00 bits per heavy atom. The molecule has 7 radical (unpaired) electrons. The van der Waals surface area contributed by atoms with Crippen molar-refractivity contribution >= 4 is 41.0 Å². The second-order valence-corrected chi connectivity index (χ2v) is 0. The molecule has 0 fully saturated rings. The Bertz CT molecular complexity index is 11.6. The first-order valence-corrected chi connectivity index (χ1v) is 0.